The lowest BCUT2D eigenvalue weighted by atomic mass is 10.1. The van der Waals surface area contributed by atoms with E-state index >= 15 is 0 Å². The van der Waals surface area contributed by atoms with Crippen molar-refractivity contribution >= 4 is 23.4 Å². The fourth-order valence-electron chi connectivity index (χ4n) is 3.64. The number of carbonyl (C=O) groups is 1. The van der Waals surface area contributed by atoms with Gasteiger partial charge in [0.1, 0.15) is 0 Å². The molecule has 30 heavy (non-hydrogen) atoms. The summed E-state index contributed by atoms with van der Waals surface area (Å²) in [5, 5.41) is 12.5. The molecule has 1 fully saturated rings. The molecule has 1 aliphatic rings. The maximum absolute atomic E-state index is 13.0. The summed E-state index contributed by atoms with van der Waals surface area (Å²) in [5.74, 6) is 0.128. The Morgan fingerprint density at radius 3 is 2.50 bits per heavy atom. The number of aryl methyl sites for hydroxylation is 2. The van der Waals surface area contributed by atoms with Crippen molar-refractivity contribution in [2.45, 2.75) is 31.2 Å². The second-order valence-corrected chi connectivity index (χ2v) is 8.88. The topological polar surface area (TPSA) is 67.2 Å². The highest BCUT2D eigenvalue weighted by atomic mass is 32.2. The largest absolute Gasteiger partial charge is 0.368 e. The van der Waals surface area contributed by atoms with Crippen LogP contribution in [0.3, 0.4) is 0 Å². The van der Waals surface area contributed by atoms with E-state index in [4.69, 9.17) is 0 Å². The van der Waals surface area contributed by atoms with Gasteiger partial charge >= 0.3 is 0 Å². The van der Waals surface area contributed by atoms with Crippen LogP contribution in [0.15, 0.2) is 53.7 Å². The summed E-state index contributed by atoms with van der Waals surface area (Å²) >= 11 is 1.41. The van der Waals surface area contributed by atoms with Gasteiger partial charge in [-0.05, 0) is 60.5 Å². The van der Waals surface area contributed by atoms with Gasteiger partial charge in [-0.25, -0.2) is 0 Å². The molecule has 4 rings (SSSR count). The van der Waals surface area contributed by atoms with E-state index in [2.05, 4.69) is 50.8 Å². The highest BCUT2D eigenvalue weighted by Crippen LogP contribution is 2.26. The smallest absolute Gasteiger partial charge is 0.236 e. The number of amides is 1. The van der Waals surface area contributed by atoms with Crippen molar-refractivity contribution in [3.05, 3.63) is 59.7 Å². The molecule has 0 unspecified atom stereocenters. The Kier molecular flexibility index (Phi) is 6.03. The summed E-state index contributed by atoms with van der Waals surface area (Å²) in [4.78, 5) is 17.3. The molecular formula is C22H26N6OS. The van der Waals surface area contributed by atoms with Crippen molar-refractivity contribution in [2.75, 3.05) is 31.1 Å². The summed E-state index contributed by atoms with van der Waals surface area (Å²) < 4.78 is 1.73. The van der Waals surface area contributed by atoms with Crippen molar-refractivity contribution < 1.29 is 4.79 Å². The third-order valence-electron chi connectivity index (χ3n) is 5.38. The molecule has 1 amide bonds. The molecule has 8 heteroatoms. The van der Waals surface area contributed by atoms with Gasteiger partial charge in [0.15, 0.2) is 0 Å². The van der Waals surface area contributed by atoms with Crippen molar-refractivity contribution in [3.8, 4) is 5.69 Å². The number of aromatic nitrogens is 4. The number of benzene rings is 2. The van der Waals surface area contributed by atoms with E-state index in [0.29, 0.717) is 5.16 Å². The minimum Gasteiger partial charge on any atom is -0.368 e. The second kappa shape index (κ2) is 8.87. The Hall–Kier alpha value is -2.87. The molecule has 1 atom stereocenters. The number of hydrogen-bond donors (Lipinski definition) is 0. The number of anilines is 1. The molecule has 0 radical (unpaired) electrons. The van der Waals surface area contributed by atoms with Gasteiger partial charge < -0.3 is 9.80 Å². The lowest BCUT2D eigenvalue weighted by Gasteiger charge is -2.37. The fourth-order valence-corrected chi connectivity index (χ4v) is 4.53. The van der Waals surface area contributed by atoms with Crippen LogP contribution < -0.4 is 4.90 Å². The Bertz CT molecular complexity index is 1010. The van der Waals surface area contributed by atoms with E-state index in [9.17, 15) is 4.79 Å². The summed E-state index contributed by atoms with van der Waals surface area (Å²) in [6.45, 7) is 9.13. The predicted molar refractivity (Wildman–Crippen MR) is 119 cm³/mol. The van der Waals surface area contributed by atoms with E-state index in [-0.39, 0.29) is 11.2 Å². The predicted octanol–water partition coefficient (Wildman–Crippen LogP) is 3.11. The minimum absolute atomic E-state index is 0.128. The van der Waals surface area contributed by atoms with Gasteiger partial charge in [-0.2, -0.15) is 4.68 Å². The normalized spacial score (nSPS) is 15.3. The Labute approximate surface area is 181 Å². The summed E-state index contributed by atoms with van der Waals surface area (Å²) in [7, 11) is 0. The molecule has 1 aliphatic heterocycles. The van der Waals surface area contributed by atoms with Crippen LogP contribution in [0, 0.1) is 13.8 Å². The SMILES string of the molecule is Cc1ccc(C)c(-n2nnnc2S[C@@H](C)C(=O)N2CCN(c3ccccc3)CC2)c1. The Morgan fingerprint density at radius 2 is 1.77 bits per heavy atom. The van der Waals surface area contributed by atoms with Gasteiger partial charge in [-0.3, -0.25) is 4.79 Å². The van der Waals surface area contributed by atoms with Gasteiger partial charge in [-0.15, -0.1) is 5.10 Å². The zero-order valence-electron chi connectivity index (χ0n) is 17.5. The van der Waals surface area contributed by atoms with Crippen LogP contribution in [0.4, 0.5) is 5.69 Å². The number of para-hydroxylation sites is 1. The summed E-state index contributed by atoms with van der Waals surface area (Å²) in [6, 6.07) is 16.5. The first-order valence-corrected chi connectivity index (χ1v) is 11.0. The van der Waals surface area contributed by atoms with E-state index in [1.807, 2.05) is 43.9 Å². The number of carbonyl (C=O) groups excluding carboxylic acids is 1. The monoisotopic (exact) mass is 422 g/mol. The first-order chi connectivity index (χ1) is 14.5. The van der Waals surface area contributed by atoms with Crippen LogP contribution in [-0.2, 0) is 4.79 Å². The van der Waals surface area contributed by atoms with Gasteiger partial charge in [-0.1, -0.05) is 42.1 Å². The maximum Gasteiger partial charge on any atom is 0.236 e. The van der Waals surface area contributed by atoms with Crippen LogP contribution in [0.2, 0.25) is 0 Å². The molecule has 0 N–H and O–H groups in total. The number of piperazine rings is 1. The molecule has 2 aromatic carbocycles. The maximum atomic E-state index is 13.0. The molecule has 1 saturated heterocycles. The molecule has 156 valence electrons. The molecule has 0 spiro atoms. The minimum atomic E-state index is -0.261. The van der Waals surface area contributed by atoms with Crippen LogP contribution in [0.1, 0.15) is 18.1 Å². The van der Waals surface area contributed by atoms with Gasteiger partial charge in [0.2, 0.25) is 11.1 Å². The summed E-state index contributed by atoms with van der Waals surface area (Å²) in [5.41, 5.74) is 4.38. The molecule has 0 bridgehead atoms. The van der Waals surface area contributed by atoms with E-state index in [0.717, 1.165) is 43.0 Å². The number of tetrazole rings is 1. The number of nitrogens with zero attached hydrogens (tertiary/aromatic N) is 6. The van der Waals surface area contributed by atoms with Crippen LogP contribution >= 0.6 is 11.8 Å². The third kappa shape index (κ3) is 4.33. The molecule has 7 nitrogen and oxygen atoms in total. The fraction of sp³-hybridized carbons (Fsp3) is 0.364. The van der Waals surface area contributed by atoms with E-state index in [1.165, 1.54) is 17.4 Å². The van der Waals surface area contributed by atoms with Gasteiger partial charge in [0.25, 0.3) is 0 Å². The Balaban J connectivity index is 1.41. The summed E-state index contributed by atoms with van der Waals surface area (Å²) in [6.07, 6.45) is 0. The number of thioether (sulfide) groups is 1. The van der Waals surface area contributed by atoms with E-state index in [1.54, 1.807) is 4.68 Å². The zero-order chi connectivity index (χ0) is 21.1. The third-order valence-corrected chi connectivity index (χ3v) is 6.40. The van der Waals surface area contributed by atoms with E-state index < -0.39 is 0 Å². The first-order valence-electron chi connectivity index (χ1n) is 10.1. The zero-order valence-corrected chi connectivity index (χ0v) is 18.3. The highest BCUT2D eigenvalue weighted by molar-refractivity contribution is 8.00. The van der Waals surface area contributed by atoms with Crippen molar-refractivity contribution in [3.63, 3.8) is 0 Å². The lowest BCUT2D eigenvalue weighted by Crippen LogP contribution is -2.50. The van der Waals surface area contributed by atoms with Crippen molar-refractivity contribution in [2.24, 2.45) is 0 Å². The van der Waals surface area contributed by atoms with Gasteiger partial charge in [0, 0.05) is 31.9 Å². The molecule has 3 aromatic rings. The number of hydrogen-bond acceptors (Lipinski definition) is 6. The van der Waals surface area contributed by atoms with Crippen LogP contribution in [0.5, 0.6) is 0 Å². The first kappa shape index (κ1) is 20.4. The molecule has 1 aromatic heterocycles. The molecule has 0 saturated carbocycles. The molecular weight excluding hydrogens is 396 g/mol. The van der Waals surface area contributed by atoms with Crippen LogP contribution in [0.25, 0.3) is 5.69 Å². The quantitative estimate of drug-likeness (QED) is 0.589. The van der Waals surface area contributed by atoms with Gasteiger partial charge in [0.05, 0.1) is 10.9 Å². The van der Waals surface area contributed by atoms with Crippen LogP contribution in [-0.4, -0.2) is 62.4 Å². The van der Waals surface area contributed by atoms with Crippen molar-refractivity contribution in [1.82, 2.24) is 25.1 Å². The average molecular weight is 423 g/mol. The molecule has 2 heterocycles. The second-order valence-electron chi connectivity index (χ2n) is 7.57. The molecule has 0 aliphatic carbocycles. The van der Waals surface area contributed by atoms with Crippen molar-refractivity contribution in [1.29, 1.82) is 0 Å². The Morgan fingerprint density at radius 1 is 1.03 bits per heavy atom. The highest BCUT2D eigenvalue weighted by Gasteiger charge is 2.27. The standard InChI is InChI=1S/C22H26N6OS/c1-16-9-10-17(2)20(15-16)28-22(23-24-25-28)30-18(3)21(29)27-13-11-26(12-14-27)19-7-5-4-6-8-19/h4-10,15,18H,11-14H2,1-3H3/t18-/m0/s1. The lowest BCUT2D eigenvalue weighted by molar-refractivity contribution is -0.130. The average Bonchev–Trinajstić information content (AvgIpc) is 3.23. The number of rotatable bonds is 5.